The van der Waals surface area contributed by atoms with Crippen LogP contribution in [0.5, 0.6) is 5.75 Å². The average Bonchev–Trinajstić information content (AvgIpc) is 2.95. The molecule has 1 N–H and O–H groups in total. The molecule has 0 aliphatic rings. The van der Waals surface area contributed by atoms with Gasteiger partial charge in [-0.1, -0.05) is 23.9 Å². The second-order valence-corrected chi connectivity index (χ2v) is 5.43. The Morgan fingerprint density at radius 2 is 2.05 bits per heavy atom. The number of ether oxygens (including phenoxy) is 2. The van der Waals surface area contributed by atoms with Crippen LogP contribution in [0.3, 0.4) is 0 Å². The summed E-state index contributed by atoms with van der Waals surface area (Å²) in [4.78, 5) is 15.5. The molecule has 0 saturated carbocycles. The van der Waals surface area contributed by atoms with E-state index in [1.807, 2.05) is 28.8 Å². The Hall–Kier alpha value is -1.99. The maximum atomic E-state index is 11.3. The van der Waals surface area contributed by atoms with Gasteiger partial charge in [0.1, 0.15) is 5.75 Å². The minimum absolute atomic E-state index is 0.109. The zero-order chi connectivity index (χ0) is 15.9. The number of aliphatic hydroxyl groups excluding tert-OH is 1. The number of benzene rings is 1. The van der Waals surface area contributed by atoms with Crippen LogP contribution in [0, 0.1) is 0 Å². The molecule has 6 nitrogen and oxygen atoms in total. The van der Waals surface area contributed by atoms with E-state index in [2.05, 4.69) is 9.72 Å². The summed E-state index contributed by atoms with van der Waals surface area (Å²) < 4.78 is 11.6. The monoisotopic (exact) mass is 322 g/mol. The van der Waals surface area contributed by atoms with Gasteiger partial charge in [-0.15, -0.1) is 0 Å². The van der Waals surface area contributed by atoms with Crippen molar-refractivity contribution in [3.05, 3.63) is 41.7 Å². The summed E-state index contributed by atoms with van der Waals surface area (Å²) in [6.45, 7) is 0.450. The van der Waals surface area contributed by atoms with Gasteiger partial charge in [0, 0.05) is 6.54 Å². The third-order valence-corrected chi connectivity index (χ3v) is 4.07. The topological polar surface area (TPSA) is 73.6 Å². The number of esters is 1. The second-order valence-electron chi connectivity index (χ2n) is 4.49. The summed E-state index contributed by atoms with van der Waals surface area (Å²) in [5.74, 6) is 0.660. The highest BCUT2D eigenvalue weighted by atomic mass is 32.2. The summed E-state index contributed by atoms with van der Waals surface area (Å²) in [6, 6.07) is 7.67. The van der Waals surface area contributed by atoms with Crippen molar-refractivity contribution in [2.24, 2.45) is 0 Å². The highest BCUT2D eigenvalue weighted by Crippen LogP contribution is 2.21. The van der Waals surface area contributed by atoms with Crippen LogP contribution < -0.4 is 4.74 Å². The minimum Gasteiger partial charge on any atom is -0.497 e. The van der Waals surface area contributed by atoms with Gasteiger partial charge in [-0.05, 0) is 17.7 Å². The van der Waals surface area contributed by atoms with Crippen molar-refractivity contribution >= 4 is 17.7 Å². The quantitative estimate of drug-likeness (QED) is 0.618. The first-order valence-corrected chi connectivity index (χ1v) is 7.64. The Kier molecular flexibility index (Phi) is 5.85. The SMILES string of the molecule is COC(=O)CSc1ncc(CO)n1Cc1ccc(OC)cc1. The summed E-state index contributed by atoms with van der Waals surface area (Å²) >= 11 is 1.28. The molecule has 0 atom stereocenters. The number of aliphatic hydroxyl groups is 1. The number of methoxy groups -OCH3 is 2. The van der Waals surface area contributed by atoms with Crippen molar-refractivity contribution in [3.8, 4) is 5.75 Å². The van der Waals surface area contributed by atoms with E-state index in [0.29, 0.717) is 17.4 Å². The number of thioether (sulfide) groups is 1. The van der Waals surface area contributed by atoms with Crippen molar-refractivity contribution in [3.63, 3.8) is 0 Å². The van der Waals surface area contributed by atoms with Crippen LogP contribution >= 0.6 is 11.8 Å². The molecule has 1 aromatic heterocycles. The van der Waals surface area contributed by atoms with Crippen molar-refractivity contribution in [2.45, 2.75) is 18.3 Å². The van der Waals surface area contributed by atoms with Gasteiger partial charge < -0.3 is 19.1 Å². The van der Waals surface area contributed by atoms with Gasteiger partial charge in [0.25, 0.3) is 0 Å². The van der Waals surface area contributed by atoms with E-state index < -0.39 is 0 Å². The number of carbonyl (C=O) groups is 1. The van der Waals surface area contributed by atoms with Gasteiger partial charge >= 0.3 is 5.97 Å². The molecule has 118 valence electrons. The van der Waals surface area contributed by atoms with Crippen LogP contribution in [-0.4, -0.2) is 40.6 Å². The fourth-order valence-electron chi connectivity index (χ4n) is 1.90. The predicted octanol–water partition coefficient (Wildman–Crippen LogP) is 1.70. The number of carbonyl (C=O) groups excluding carboxylic acids is 1. The second kappa shape index (κ2) is 7.86. The Morgan fingerprint density at radius 3 is 2.64 bits per heavy atom. The van der Waals surface area contributed by atoms with E-state index in [0.717, 1.165) is 11.3 Å². The highest BCUT2D eigenvalue weighted by Gasteiger charge is 2.12. The predicted molar refractivity (Wildman–Crippen MR) is 83.0 cm³/mol. The van der Waals surface area contributed by atoms with Crippen LogP contribution in [0.2, 0.25) is 0 Å². The fourth-order valence-corrected chi connectivity index (χ4v) is 2.73. The number of rotatable bonds is 7. The van der Waals surface area contributed by atoms with Crippen molar-refractivity contribution in [1.29, 1.82) is 0 Å². The lowest BCUT2D eigenvalue weighted by atomic mass is 10.2. The maximum absolute atomic E-state index is 11.3. The zero-order valence-corrected chi connectivity index (χ0v) is 13.3. The Balaban J connectivity index is 2.16. The van der Waals surface area contributed by atoms with Crippen LogP contribution in [0.4, 0.5) is 0 Å². The molecule has 0 unspecified atom stereocenters. The average molecular weight is 322 g/mol. The molecular weight excluding hydrogens is 304 g/mol. The normalized spacial score (nSPS) is 10.5. The first-order chi connectivity index (χ1) is 10.7. The maximum Gasteiger partial charge on any atom is 0.316 e. The fraction of sp³-hybridized carbons (Fsp3) is 0.333. The Labute approximate surface area is 133 Å². The summed E-state index contributed by atoms with van der Waals surface area (Å²) in [7, 11) is 2.97. The smallest absolute Gasteiger partial charge is 0.316 e. The number of hydrogen-bond donors (Lipinski definition) is 1. The van der Waals surface area contributed by atoms with Crippen LogP contribution in [0.25, 0.3) is 0 Å². The Morgan fingerprint density at radius 1 is 1.32 bits per heavy atom. The molecule has 2 aromatic rings. The lowest BCUT2D eigenvalue weighted by Gasteiger charge is -2.11. The molecule has 0 bridgehead atoms. The van der Waals surface area contributed by atoms with Gasteiger partial charge in [-0.3, -0.25) is 4.79 Å². The van der Waals surface area contributed by atoms with Crippen molar-refractivity contribution in [2.75, 3.05) is 20.0 Å². The molecule has 0 aliphatic carbocycles. The summed E-state index contributed by atoms with van der Waals surface area (Å²) in [6.07, 6.45) is 1.61. The first-order valence-electron chi connectivity index (χ1n) is 6.65. The molecule has 22 heavy (non-hydrogen) atoms. The molecule has 0 amide bonds. The number of imidazole rings is 1. The molecule has 0 aliphatic heterocycles. The van der Waals surface area contributed by atoms with Crippen molar-refractivity contribution in [1.82, 2.24) is 9.55 Å². The number of nitrogens with zero attached hydrogens (tertiary/aromatic N) is 2. The lowest BCUT2D eigenvalue weighted by molar-refractivity contribution is -0.137. The third-order valence-electron chi connectivity index (χ3n) is 3.11. The van der Waals surface area contributed by atoms with E-state index in [1.54, 1.807) is 13.3 Å². The Bertz CT molecular complexity index is 625. The van der Waals surface area contributed by atoms with Crippen LogP contribution in [0.15, 0.2) is 35.6 Å². The van der Waals surface area contributed by atoms with Gasteiger partial charge in [-0.25, -0.2) is 4.98 Å². The van der Waals surface area contributed by atoms with E-state index in [9.17, 15) is 9.90 Å². The standard InChI is InChI=1S/C15H18N2O4S/c1-20-13-5-3-11(4-6-13)8-17-12(9-18)7-16-15(17)22-10-14(19)21-2/h3-7,18H,8-10H2,1-2H3. The highest BCUT2D eigenvalue weighted by molar-refractivity contribution is 7.99. The van der Waals surface area contributed by atoms with E-state index in [1.165, 1.54) is 18.9 Å². The molecular formula is C15H18N2O4S. The molecule has 0 radical (unpaired) electrons. The summed E-state index contributed by atoms with van der Waals surface area (Å²) in [5.41, 5.74) is 1.75. The van der Waals surface area contributed by atoms with E-state index in [4.69, 9.17) is 4.74 Å². The van der Waals surface area contributed by atoms with E-state index >= 15 is 0 Å². The van der Waals surface area contributed by atoms with Gasteiger partial charge in [0.05, 0.1) is 38.5 Å². The lowest BCUT2D eigenvalue weighted by Crippen LogP contribution is -2.08. The molecule has 0 spiro atoms. The molecule has 1 aromatic carbocycles. The molecule has 2 rings (SSSR count). The van der Waals surface area contributed by atoms with E-state index in [-0.39, 0.29) is 18.3 Å². The minimum atomic E-state index is -0.311. The number of hydrogen-bond acceptors (Lipinski definition) is 6. The molecule has 0 fully saturated rings. The van der Waals surface area contributed by atoms with Crippen molar-refractivity contribution < 1.29 is 19.4 Å². The van der Waals surface area contributed by atoms with Crippen LogP contribution in [0.1, 0.15) is 11.3 Å². The third kappa shape index (κ3) is 4.02. The number of aromatic nitrogens is 2. The molecule has 1 heterocycles. The largest absolute Gasteiger partial charge is 0.497 e. The first kappa shape index (κ1) is 16.4. The summed E-state index contributed by atoms with van der Waals surface area (Å²) in [5, 5.41) is 10.1. The van der Waals surface area contributed by atoms with Crippen LogP contribution in [-0.2, 0) is 22.7 Å². The molecule has 0 saturated heterocycles. The molecule has 7 heteroatoms. The van der Waals surface area contributed by atoms with Gasteiger partial charge in [0.15, 0.2) is 5.16 Å². The van der Waals surface area contributed by atoms with Gasteiger partial charge in [-0.2, -0.15) is 0 Å². The zero-order valence-electron chi connectivity index (χ0n) is 12.5. The van der Waals surface area contributed by atoms with Gasteiger partial charge in [0.2, 0.25) is 0 Å².